The van der Waals surface area contributed by atoms with Gasteiger partial charge in [-0.25, -0.2) is 0 Å². The predicted molar refractivity (Wildman–Crippen MR) is 52.6 cm³/mol. The minimum absolute atomic E-state index is 0.258. The second-order valence-electron chi connectivity index (χ2n) is 4.09. The first-order valence-electron chi connectivity index (χ1n) is 5.48. The van der Waals surface area contributed by atoms with Crippen LogP contribution < -0.4 is 0 Å². The number of fused-ring (bicyclic) bond motifs is 1. The number of ether oxygens (including phenoxy) is 4. The lowest BCUT2D eigenvalue weighted by molar-refractivity contribution is -0.361. The third-order valence-corrected chi connectivity index (χ3v) is 2.82. The van der Waals surface area contributed by atoms with E-state index in [0.29, 0.717) is 6.61 Å². The molecule has 0 bridgehead atoms. The summed E-state index contributed by atoms with van der Waals surface area (Å²) < 4.78 is 21.8. The van der Waals surface area contributed by atoms with Crippen molar-refractivity contribution in [1.29, 1.82) is 0 Å². The molecule has 0 aromatic carbocycles. The van der Waals surface area contributed by atoms with E-state index in [0.717, 1.165) is 0 Å². The van der Waals surface area contributed by atoms with E-state index >= 15 is 0 Å². The Kier molecular flexibility index (Phi) is 3.78. The van der Waals surface area contributed by atoms with E-state index in [1.54, 1.807) is 13.8 Å². The van der Waals surface area contributed by atoms with Crippen molar-refractivity contribution >= 4 is 0 Å². The molecule has 94 valence electrons. The third kappa shape index (κ3) is 2.37. The summed E-state index contributed by atoms with van der Waals surface area (Å²) in [6.07, 6.45) is -2.99. The third-order valence-electron chi connectivity index (χ3n) is 2.82. The molecule has 2 fully saturated rings. The van der Waals surface area contributed by atoms with Crippen molar-refractivity contribution in [3.63, 3.8) is 0 Å². The van der Waals surface area contributed by atoms with Crippen LogP contribution in [-0.2, 0) is 18.9 Å². The molecule has 0 amide bonds. The van der Waals surface area contributed by atoms with Gasteiger partial charge < -0.3 is 29.2 Å². The van der Waals surface area contributed by atoms with Gasteiger partial charge in [0.05, 0.1) is 13.2 Å². The first-order valence-corrected chi connectivity index (χ1v) is 5.48. The van der Waals surface area contributed by atoms with Gasteiger partial charge in [-0.2, -0.15) is 0 Å². The molecule has 0 aromatic heterocycles. The molecule has 6 nitrogen and oxygen atoms in total. The zero-order valence-electron chi connectivity index (χ0n) is 9.41. The van der Waals surface area contributed by atoms with Gasteiger partial charge >= 0.3 is 0 Å². The molecule has 2 heterocycles. The van der Waals surface area contributed by atoms with Crippen LogP contribution in [0.1, 0.15) is 13.8 Å². The Hall–Kier alpha value is -0.240. The van der Waals surface area contributed by atoms with Crippen molar-refractivity contribution in [3.05, 3.63) is 0 Å². The number of hydrogen-bond acceptors (Lipinski definition) is 6. The van der Waals surface area contributed by atoms with Crippen molar-refractivity contribution in [2.75, 3.05) is 13.2 Å². The topological polar surface area (TPSA) is 77.4 Å². The normalized spacial score (nSPS) is 46.1. The Labute approximate surface area is 94.1 Å². The Morgan fingerprint density at radius 2 is 1.94 bits per heavy atom. The van der Waals surface area contributed by atoms with Crippen molar-refractivity contribution in [1.82, 2.24) is 0 Å². The van der Waals surface area contributed by atoms with Crippen LogP contribution in [0.3, 0.4) is 0 Å². The van der Waals surface area contributed by atoms with E-state index in [1.807, 2.05) is 0 Å². The van der Waals surface area contributed by atoms with Crippen LogP contribution in [0, 0.1) is 0 Å². The van der Waals surface area contributed by atoms with E-state index < -0.39 is 24.6 Å². The quantitative estimate of drug-likeness (QED) is 0.653. The van der Waals surface area contributed by atoms with Crippen molar-refractivity contribution in [2.45, 2.75) is 50.8 Å². The average molecular weight is 234 g/mol. The van der Waals surface area contributed by atoms with Gasteiger partial charge in [-0.3, -0.25) is 0 Å². The van der Waals surface area contributed by atoms with E-state index in [-0.39, 0.29) is 19.0 Å². The molecule has 0 radical (unpaired) electrons. The van der Waals surface area contributed by atoms with Gasteiger partial charge in [0, 0.05) is 0 Å². The smallest absolute Gasteiger partial charge is 0.156 e. The molecule has 0 aromatic rings. The molecule has 0 saturated carbocycles. The highest BCUT2D eigenvalue weighted by molar-refractivity contribution is 4.89. The van der Waals surface area contributed by atoms with Crippen LogP contribution in [0.25, 0.3) is 0 Å². The Bertz CT molecular complexity index is 233. The number of aliphatic hydroxyl groups is 2. The highest BCUT2D eigenvalue weighted by atomic mass is 16.8. The van der Waals surface area contributed by atoms with E-state index in [4.69, 9.17) is 24.1 Å². The largest absolute Gasteiger partial charge is 0.394 e. The maximum Gasteiger partial charge on any atom is 0.156 e. The second-order valence-corrected chi connectivity index (χ2v) is 4.09. The fourth-order valence-electron chi connectivity index (χ4n) is 2.07. The summed E-state index contributed by atoms with van der Waals surface area (Å²) in [4.78, 5) is 0. The molecule has 2 aliphatic rings. The van der Waals surface area contributed by atoms with E-state index in [9.17, 15) is 5.11 Å². The minimum atomic E-state index is -0.968. The maximum atomic E-state index is 9.67. The molecule has 6 atom stereocenters. The molecule has 0 unspecified atom stereocenters. The van der Waals surface area contributed by atoms with Crippen LogP contribution in [-0.4, -0.2) is 60.4 Å². The van der Waals surface area contributed by atoms with Gasteiger partial charge in [0.25, 0.3) is 0 Å². The zero-order chi connectivity index (χ0) is 11.7. The first kappa shape index (κ1) is 12.2. The summed E-state index contributed by atoms with van der Waals surface area (Å²) >= 11 is 0. The highest BCUT2D eigenvalue weighted by Crippen LogP contribution is 2.28. The molecule has 16 heavy (non-hydrogen) atoms. The summed E-state index contributed by atoms with van der Waals surface area (Å²) in [5.41, 5.74) is 0. The van der Waals surface area contributed by atoms with Crippen molar-refractivity contribution < 1.29 is 29.2 Å². The van der Waals surface area contributed by atoms with Crippen LogP contribution in [0.2, 0.25) is 0 Å². The lowest BCUT2D eigenvalue weighted by atomic mass is 10.0. The van der Waals surface area contributed by atoms with Crippen LogP contribution in [0.4, 0.5) is 0 Å². The number of hydrogen-bond donors (Lipinski definition) is 2. The Morgan fingerprint density at radius 3 is 2.62 bits per heavy atom. The maximum absolute atomic E-state index is 9.67. The van der Waals surface area contributed by atoms with Gasteiger partial charge in [0.1, 0.15) is 24.4 Å². The fourth-order valence-corrected chi connectivity index (χ4v) is 2.07. The van der Waals surface area contributed by atoms with E-state index in [2.05, 4.69) is 0 Å². The molecule has 2 N–H and O–H groups in total. The Balaban J connectivity index is 2.08. The monoisotopic (exact) mass is 234 g/mol. The van der Waals surface area contributed by atoms with Crippen molar-refractivity contribution in [3.8, 4) is 0 Å². The molecular formula is C10H18O6. The molecule has 0 spiro atoms. The number of aliphatic hydroxyl groups excluding tert-OH is 2. The molecule has 0 aliphatic carbocycles. The molecule has 2 rings (SSSR count). The summed E-state index contributed by atoms with van der Waals surface area (Å²) in [6.45, 7) is 3.56. The van der Waals surface area contributed by atoms with Gasteiger partial charge in [-0.05, 0) is 13.8 Å². The zero-order valence-corrected chi connectivity index (χ0v) is 9.41. The SMILES string of the molecule is C[C@H]1OC[C@H]2O[C@@H](C)O[C@@H]([C@@H](O)CO)[C@H]2O1. The number of rotatable bonds is 2. The average Bonchev–Trinajstić information content (AvgIpc) is 2.27. The lowest BCUT2D eigenvalue weighted by Gasteiger charge is -2.45. The van der Waals surface area contributed by atoms with Crippen molar-refractivity contribution in [2.24, 2.45) is 0 Å². The second kappa shape index (κ2) is 4.95. The first-order chi connectivity index (χ1) is 7.61. The lowest BCUT2D eigenvalue weighted by Crippen LogP contribution is -2.60. The summed E-state index contributed by atoms with van der Waals surface area (Å²) in [6, 6.07) is 0. The summed E-state index contributed by atoms with van der Waals surface area (Å²) in [7, 11) is 0. The Morgan fingerprint density at radius 1 is 1.19 bits per heavy atom. The van der Waals surface area contributed by atoms with Crippen LogP contribution in [0.5, 0.6) is 0 Å². The molecule has 2 aliphatic heterocycles. The van der Waals surface area contributed by atoms with Gasteiger partial charge in [-0.15, -0.1) is 0 Å². The van der Waals surface area contributed by atoms with Gasteiger partial charge in [-0.1, -0.05) is 0 Å². The fraction of sp³-hybridized carbons (Fsp3) is 1.00. The van der Waals surface area contributed by atoms with Gasteiger partial charge in [0.15, 0.2) is 12.6 Å². The van der Waals surface area contributed by atoms with Crippen LogP contribution >= 0.6 is 0 Å². The summed E-state index contributed by atoms with van der Waals surface area (Å²) in [5.74, 6) is 0. The molecule has 6 heteroatoms. The minimum Gasteiger partial charge on any atom is -0.394 e. The highest BCUT2D eigenvalue weighted by Gasteiger charge is 2.45. The predicted octanol–water partition coefficient (Wildman–Crippen LogP) is -0.769. The molecule has 2 saturated heterocycles. The molecular weight excluding hydrogens is 216 g/mol. The van der Waals surface area contributed by atoms with Crippen LogP contribution in [0.15, 0.2) is 0 Å². The summed E-state index contributed by atoms with van der Waals surface area (Å²) in [5, 5.41) is 18.6. The standard InChI is InChI=1S/C10H18O6/c1-5-13-4-8-10(15-5)9(7(12)3-11)16-6(2)14-8/h5-12H,3-4H2,1-2H3/t5-,6+,7-,8+,9-,10-/m0/s1. The van der Waals surface area contributed by atoms with E-state index in [1.165, 1.54) is 0 Å². The van der Waals surface area contributed by atoms with Gasteiger partial charge in [0.2, 0.25) is 0 Å².